The molecule has 1 atom stereocenters. The summed E-state index contributed by atoms with van der Waals surface area (Å²) in [6.45, 7) is 2.09. The Balaban J connectivity index is 1.73. The van der Waals surface area contributed by atoms with E-state index < -0.39 is 5.60 Å². The highest BCUT2D eigenvalue weighted by Gasteiger charge is 2.32. The van der Waals surface area contributed by atoms with Gasteiger partial charge in [0.25, 0.3) is 0 Å². The van der Waals surface area contributed by atoms with E-state index in [2.05, 4.69) is 28.1 Å². The lowest BCUT2D eigenvalue weighted by molar-refractivity contribution is -0.0687. The van der Waals surface area contributed by atoms with Gasteiger partial charge in [0.05, 0.1) is 12.3 Å². The largest absolute Gasteiger partial charge is 0.393 e. The molecule has 1 saturated heterocycles. The maximum absolute atomic E-state index is 10.3. The van der Waals surface area contributed by atoms with Gasteiger partial charge in [0, 0.05) is 24.8 Å². The van der Waals surface area contributed by atoms with Gasteiger partial charge in [-0.25, -0.2) is 0 Å². The molecule has 3 rings (SSSR count). The fourth-order valence-corrected chi connectivity index (χ4v) is 3.09. The SMILES string of the molecule is OC[C@]1(O)CCCN(Cc2cccc(-c3ccccn3)c2)C1. The average molecular weight is 298 g/mol. The van der Waals surface area contributed by atoms with Crippen LogP contribution in [0.3, 0.4) is 0 Å². The van der Waals surface area contributed by atoms with Crippen LogP contribution in [0.2, 0.25) is 0 Å². The highest BCUT2D eigenvalue weighted by atomic mass is 16.3. The fraction of sp³-hybridized carbons (Fsp3) is 0.389. The molecule has 0 bridgehead atoms. The molecule has 2 aromatic rings. The molecule has 1 aliphatic heterocycles. The molecule has 22 heavy (non-hydrogen) atoms. The minimum atomic E-state index is -0.948. The van der Waals surface area contributed by atoms with Crippen LogP contribution in [0.15, 0.2) is 48.7 Å². The van der Waals surface area contributed by atoms with Crippen LogP contribution in [-0.2, 0) is 6.54 Å². The van der Waals surface area contributed by atoms with Crippen molar-refractivity contribution in [2.45, 2.75) is 25.0 Å². The van der Waals surface area contributed by atoms with Crippen molar-refractivity contribution in [2.75, 3.05) is 19.7 Å². The summed E-state index contributed by atoms with van der Waals surface area (Å²) in [5.41, 5.74) is 2.32. The third-order valence-electron chi connectivity index (χ3n) is 4.22. The smallest absolute Gasteiger partial charge is 0.100 e. The van der Waals surface area contributed by atoms with Crippen LogP contribution in [0.25, 0.3) is 11.3 Å². The van der Waals surface area contributed by atoms with E-state index in [-0.39, 0.29) is 6.61 Å². The molecule has 2 heterocycles. The molecule has 4 nitrogen and oxygen atoms in total. The zero-order chi connectivity index (χ0) is 15.4. The highest BCUT2D eigenvalue weighted by molar-refractivity contribution is 5.59. The zero-order valence-electron chi connectivity index (χ0n) is 12.7. The molecule has 0 aliphatic carbocycles. The van der Waals surface area contributed by atoms with E-state index in [9.17, 15) is 10.2 Å². The Labute approximate surface area is 131 Å². The number of pyridine rings is 1. The number of aliphatic hydroxyl groups is 2. The van der Waals surface area contributed by atoms with Crippen molar-refractivity contribution in [3.05, 3.63) is 54.2 Å². The van der Waals surface area contributed by atoms with Gasteiger partial charge in [-0.15, -0.1) is 0 Å². The molecule has 0 unspecified atom stereocenters. The maximum atomic E-state index is 10.3. The van der Waals surface area contributed by atoms with E-state index in [0.29, 0.717) is 13.0 Å². The summed E-state index contributed by atoms with van der Waals surface area (Å²) in [6, 6.07) is 14.3. The van der Waals surface area contributed by atoms with Crippen molar-refractivity contribution in [1.29, 1.82) is 0 Å². The number of β-amino-alcohol motifs (C(OH)–C–C–N with tert-alkyl or cyclic N) is 1. The van der Waals surface area contributed by atoms with Crippen LogP contribution >= 0.6 is 0 Å². The monoisotopic (exact) mass is 298 g/mol. The summed E-state index contributed by atoms with van der Waals surface area (Å²) < 4.78 is 0. The summed E-state index contributed by atoms with van der Waals surface area (Å²) >= 11 is 0. The van der Waals surface area contributed by atoms with E-state index in [1.54, 1.807) is 6.20 Å². The molecular weight excluding hydrogens is 276 g/mol. The molecule has 0 amide bonds. The minimum Gasteiger partial charge on any atom is -0.393 e. The van der Waals surface area contributed by atoms with Gasteiger partial charge >= 0.3 is 0 Å². The van der Waals surface area contributed by atoms with Gasteiger partial charge < -0.3 is 10.2 Å². The van der Waals surface area contributed by atoms with Crippen molar-refractivity contribution >= 4 is 0 Å². The topological polar surface area (TPSA) is 56.6 Å². The summed E-state index contributed by atoms with van der Waals surface area (Å²) in [7, 11) is 0. The quantitative estimate of drug-likeness (QED) is 0.907. The zero-order valence-corrected chi connectivity index (χ0v) is 12.7. The summed E-state index contributed by atoms with van der Waals surface area (Å²) in [4.78, 5) is 6.59. The Hall–Kier alpha value is -1.75. The lowest BCUT2D eigenvalue weighted by atomic mass is 9.93. The second kappa shape index (κ2) is 6.57. The van der Waals surface area contributed by atoms with E-state index in [4.69, 9.17) is 0 Å². The molecule has 4 heteroatoms. The van der Waals surface area contributed by atoms with Gasteiger partial charge in [-0.05, 0) is 43.1 Å². The summed E-state index contributed by atoms with van der Waals surface area (Å²) in [6.07, 6.45) is 3.39. The Bertz CT molecular complexity index is 617. The van der Waals surface area contributed by atoms with Crippen LogP contribution in [0.1, 0.15) is 18.4 Å². The number of rotatable bonds is 4. The molecule has 2 N–H and O–H groups in total. The van der Waals surface area contributed by atoms with E-state index in [0.717, 1.165) is 30.8 Å². The fourth-order valence-electron chi connectivity index (χ4n) is 3.09. The van der Waals surface area contributed by atoms with Crippen molar-refractivity contribution in [3.8, 4) is 11.3 Å². The minimum absolute atomic E-state index is 0.169. The van der Waals surface area contributed by atoms with Gasteiger partial charge in [-0.1, -0.05) is 24.3 Å². The number of aliphatic hydroxyl groups excluding tert-OH is 1. The third-order valence-corrected chi connectivity index (χ3v) is 4.22. The van der Waals surface area contributed by atoms with Crippen LogP contribution in [0.4, 0.5) is 0 Å². The van der Waals surface area contributed by atoms with Crippen LogP contribution in [-0.4, -0.2) is 45.4 Å². The number of aromatic nitrogens is 1. The molecule has 116 valence electrons. The van der Waals surface area contributed by atoms with Gasteiger partial charge in [-0.3, -0.25) is 9.88 Å². The molecular formula is C18H22N2O2. The molecule has 0 spiro atoms. The van der Waals surface area contributed by atoms with Gasteiger partial charge in [0.15, 0.2) is 0 Å². The Morgan fingerprint density at radius 2 is 2.09 bits per heavy atom. The second-order valence-electron chi connectivity index (χ2n) is 6.11. The highest BCUT2D eigenvalue weighted by Crippen LogP contribution is 2.23. The van der Waals surface area contributed by atoms with Crippen LogP contribution < -0.4 is 0 Å². The lowest BCUT2D eigenvalue weighted by Gasteiger charge is -2.38. The Morgan fingerprint density at radius 3 is 2.86 bits per heavy atom. The summed E-state index contributed by atoms with van der Waals surface area (Å²) in [5, 5.41) is 19.6. The molecule has 1 aromatic heterocycles. The maximum Gasteiger partial charge on any atom is 0.100 e. The first-order valence-electron chi connectivity index (χ1n) is 7.74. The van der Waals surface area contributed by atoms with Gasteiger partial charge in [0.1, 0.15) is 5.60 Å². The van der Waals surface area contributed by atoms with Gasteiger partial charge in [-0.2, -0.15) is 0 Å². The number of nitrogens with zero attached hydrogens (tertiary/aromatic N) is 2. The number of likely N-dealkylation sites (tertiary alicyclic amines) is 1. The van der Waals surface area contributed by atoms with E-state index in [1.165, 1.54) is 5.56 Å². The predicted octanol–water partition coefficient (Wildman–Crippen LogP) is 2.07. The standard InChI is InChI=1S/C18H22N2O2/c21-14-18(22)8-4-10-20(13-18)12-15-5-3-6-16(11-15)17-7-1-2-9-19-17/h1-3,5-7,9,11,21-22H,4,8,10,12-14H2/t18-/m0/s1. The number of benzene rings is 1. The molecule has 0 radical (unpaired) electrons. The lowest BCUT2D eigenvalue weighted by Crippen LogP contribution is -2.50. The average Bonchev–Trinajstić information content (AvgIpc) is 2.56. The van der Waals surface area contributed by atoms with Crippen molar-refractivity contribution in [2.24, 2.45) is 0 Å². The summed E-state index contributed by atoms with van der Waals surface area (Å²) in [5.74, 6) is 0. The third kappa shape index (κ3) is 3.53. The van der Waals surface area contributed by atoms with Crippen LogP contribution in [0, 0.1) is 0 Å². The Morgan fingerprint density at radius 1 is 1.18 bits per heavy atom. The normalized spacial score (nSPS) is 22.6. The molecule has 1 aliphatic rings. The molecule has 1 fully saturated rings. The van der Waals surface area contributed by atoms with Crippen LogP contribution in [0.5, 0.6) is 0 Å². The molecule has 0 saturated carbocycles. The second-order valence-corrected chi connectivity index (χ2v) is 6.11. The van der Waals surface area contributed by atoms with Crippen molar-refractivity contribution < 1.29 is 10.2 Å². The van der Waals surface area contributed by atoms with Crippen molar-refractivity contribution in [3.63, 3.8) is 0 Å². The first-order chi connectivity index (χ1) is 10.7. The van der Waals surface area contributed by atoms with Crippen molar-refractivity contribution in [1.82, 2.24) is 9.88 Å². The number of hydrogen-bond donors (Lipinski definition) is 2. The van der Waals surface area contributed by atoms with E-state index in [1.807, 2.05) is 24.3 Å². The number of hydrogen-bond acceptors (Lipinski definition) is 4. The van der Waals surface area contributed by atoms with E-state index >= 15 is 0 Å². The molecule has 1 aromatic carbocycles. The first-order valence-corrected chi connectivity index (χ1v) is 7.74. The number of piperidine rings is 1. The van der Waals surface area contributed by atoms with Gasteiger partial charge in [0.2, 0.25) is 0 Å². The predicted molar refractivity (Wildman–Crippen MR) is 86.2 cm³/mol. The first kappa shape index (κ1) is 15.2. The Kier molecular flexibility index (Phi) is 4.52.